The van der Waals surface area contributed by atoms with Gasteiger partial charge in [-0.2, -0.15) is 0 Å². The van der Waals surface area contributed by atoms with Crippen LogP contribution < -0.4 is 5.32 Å². The molecule has 2 aromatic carbocycles. The summed E-state index contributed by atoms with van der Waals surface area (Å²) in [6, 6.07) is 16.5. The van der Waals surface area contributed by atoms with Crippen LogP contribution in [0.1, 0.15) is 29.4 Å². The minimum Gasteiger partial charge on any atom is -0.508 e. The van der Waals surface area contributed by atoms with Crippen molar-refractivity contribution in [2.75, 3.05) is 11.9 Å². The van der Waals surface area contributed by atoms with Gasteiger partial charge in [-0.25, -0.2) is 15.0 Å². The zero-order valence-corrected chi connectivity index (χ0v) is 18.9. The normalized spacial score (nSPS) is 24.6. The average Bonchev–Trinajstić information content (AvgIpc) is 3.48. The molecular formula is C27H25N5O3. The first-order valence-corrected chi connectivity index (χ1v) is 11.8. The monoisotopic (exact) mass is 467 g/mol. The van der Waals surface area contributed by atoms with E-state index in [0.717, 1.165) is 24.0 Å². The summed E-state index contributed by atoms with van der Waals surface area (Å²) in [5.41, 5.74) is 3.14. The number of hydrogen-bond acceptors (Lipinski definition) is 7. The first-order valence-electron chi connectivity index (χ1n) is 11.8. The summed E-state index contributed by atoms with van der Waals surface area (Å²) in [4.78, 5) is 13.9. The van der Waals surface area contributed by atoms with Gasteiger partial charge in [0.25, 0.3) is 0 Å². The minimum atomic E-state index is -0.851. The van der Waals surface area contributed by atoms with Crippen molar-refractivity contribution in [3.05, 3.63) is 77.9 Å². The van der Waals surface area contributed by atoms with Crippen molar-refractivity contribution in [3.8, 4) is 17.6 Å². The topological polar surface area (TPSA) is 116 Å². The Morgan fingerprint density at radius 1 is 0.943 bits per heavy atom. The van der Waals surface area contributed by atoms with E-state index in [-0.39, 0.29) is 23.6 Å². The Hall–Kier alpha value is -3.93. The number of anilines is 1. The number of nitrogens with zero attached hydrogens (tertiary/aromatic N) is 4. The fourth-order valence-electron chi connectivity index (χ4n) is 5.05. The van der Waals surface area contributed by atoms with Gasteiger partial charge in [0.05, 0.1) is 18.5 Å². The number of hydrogen-bond donors (Lipinski definition) is 4. The Kier molecular flexibility index (Phi) is 5.36. The molecule has 4 aromatic rings. The molecule has 2 aromatic heterocycles. The zero-order chi connectivity index (χ0) is 23.9. The predicted octanol–water partition coefficient (Wildman–Crippen LogP) is 2.50. The molecule has 6 rings (SSSR count). The second-order valence-corrected chi connectivity index (χ2v) is 9.21. The van der Waals surface area contributed by atoms with E-state index >= 15 is 0 Å². The van der Waals surface area contributed by atoms with Crippen molar-refractivity contribution in [3.63, 3.8) is 0 Å². The number of nitrogens with one attached hydrogen (secondary N) is 1. The third-order valence-corrected chi connectivity index (χ3v) is 6.95. The van der Waals surface area contributed by atoms with Crippen molar-refractivity contribution in [2.45, 2.75) is 31.1 Å². The van der Waals surface area contributed by atoms with E-state index in [1.165, 1.54) is 0 Å². The lowest BCUT2D eigenvalue weighted by Crippen LogP contribution is -2.31. The number of imidazole rings is 1. The smallest absolute Gasteiger partial charge is 0.209 e. The zero-order valence-electron chi connectivity index (χ0n) is 18.9. The maximum atomic E-state index is 10.7. The molecule has 5 atom stereocenters. The SMILES string of the molecule is Oc1ccc(CCNc2nc(C#Cc3ccccc3)nc3c2ncn3[C@H]2[C@H](O)[C@H](O)[C@@H]3C[C@@H]32)cc1. The van der Waals surface area contributed by atoms with Gasteiger partial charge in [-0.05, 0) is 60.4 Å². The molecule has 0 unspecified atom stereocenters. The van der Waals surface area contributed by atoms with Crippen molar-refractivity contribution in [1.29, 1.82) is 0 Å². The summed E-state index contributed by atoms with van der Waals surface area (Å²) in [7, 11) is 0. The van der Waals surface area contributed by atoms with E-state index < -0.39 is 12.2 Å². The molecule has 2 aliphatic rings. The van der Waals surface area contributed by atoms with Gasteiger partial charge in [0.15, 0.2) is 17.0 Å². The Morgan fingerprint density at radius 2 is 1.74 bits per heavy atom. The molecule has 0 aliphatic heterocycles. The lowest BCUT2D eigenvalue weighted by Gasteiger charge is -2.22. The van der Waals surface area contributed by atoms with Crippen LogP contribution in [0.2, 0.25) is 0 Å². The van der Waals surface area contributed by atoms with E-state index in [1.807, 2.05) is 47.0 Å². The Bertz CT molecular complexity index is 1420. The molecule has 0 amide bonds. The number of benzene rings is 2. The number of phenolic OH excluding ortho intramolecular Hbond substituents is 1. The summed E-state index contributed by atoms with van der Waals surface area (Å²) in [5.74, 6) is 7.70. The fraction of sp³-hybridized carbons (Fsp3) is 0.296. The predicted molar refractivity (Wildman–Crippen MR) is 131 cm³/mol. The summed E-state index contributed by atoms with van der Waals surface area (Å²) in [6.45, 7) is 0.602. The molecule has 8 heteroatoms. The molecule has 0 saturated heterocycles. The molecule has 0 bridgehead atoms. The van der Waals surface area contributed by atoms with Gasteiger partial charge in [0, 0.05) is 12.1 Å². The molecule has 2 fully saturated rings. The van der Waals surface area contributed by atoms with Crippen LogP contribution in [0, 0.1) is 23.7 Å². The van der Waals surface area contributed by atoms with Gasteiger partial charge in [0.2, 0.25) is 5.82 Å². The summed E-state index contributed by atoms with van der Waals surface area (Å²) in [6.07, 6.45) is 1.74. The first kappa shape index (κ1) is 21.6. The molecular weight excluding hydrogens is 442 g/mol. The molecule has 4 N–H and O–H groups in total. The number of phenols is 1. The molecule has 8 nitrogen and oxygen atoms in total. The number of aromatic hydroxyl groups is 1. The average molecular weight is 468 g/mol. The second-order valence-electron chi connectivity index (χ2n) is 9.21. The van der Waals surface area contributed by atoms with Crippen molar-refractivity contribution in [1.82, 2.24) is 19.5 Å². The molecule has 2 aliphatic carbocycles. The van der Waals surface area contributed by atoms with Crippen molar-refractivity contribution in [2.24, 2.45) is 11.8 Å². The van der Waals surface area contributed by atoms with Crippen LogP contribution in [0.15, 0.2) is 60.9 Å². The quantitative estimate of drug-likeness (QED) is 0.333. The van der Waals surface area contributed by atoms with Gasteiger partial charge in [-0.1, -0.05) is 36.3 Å². The molecule has 2 heterocycles. The lowest BCUT2D eigenvalue weighted by atomic mass is 10.1. The highest BCUT2D eigenvalue weighted by Crippen LogP contribution is 2.57. The standard InChI is InChI=1S/C27H25N5O3/c33-18-9-6-17(7-10-18)12-13-28-26-22-27(31-21(30-26)11-8-16-4-2-1-3-5-16)32(15-29-22)23-19-14-20(19)24(34)25(23)35/h1-7,9-10,15,19-20,23-25,33-35H,12-14H2,(H,28,30,31)/t19-,20+,23+,24+,25-/m0/s1. The number of aromatic nitrogens is 4. The minimum absolute atomic E-state index is 0.134. The maximum absolute atomic E-state index is 10.7. The van der Waals surface area contributed by atoms with Crippen LogP contribution in [0.5, 0.6) is 5.75 Å². The highest BCUT2D eigenvalue weighted by Gasteiger charge is 2.60. The van der Waals surface area contributed by atoms with Gasteiger partial charge in [0.1, 0.15) is 11.9 Å². The summed E-state index contributed by atoms with van der Waals surface area (Å²) in [5, 5.41) is 33.9. The summed E-state index contributed by atoms with van der Waals surface area (Å²) < 4.78 is 1.88. The molecule has 0 radical (unpaired) electrons. The number of aliphatic hydroxyl groups is 2. The largest absolute Gasteiger partial charge is 0.508 e. The highest BCUT2D eigenvalue weighted by molar-refractivity contribution is 5.83. The second kappa shape index (κ2) is 8.69. The fourth-order valence-corrected chi connectivity index (χ4v) is 5.05. The number of aliphatic hydroxyl groups excluding tert-OH is 2. The van der Waals surface area contributed by atoms with Crippen LogP contribution in [0.4, 0.5) is 5.82 Å². The van der Waals surface area contributed by atoms with Crippen LogP contribution in [-0.4, -0.2) is 53.6 Å². The van der Waals surface area contributed by atoms with Crippen molar-refractivity contribution < 1.29 is 15.3 Å². The van der Waals surface area contributed by atoms with E-state index in [0.29, 0.717) is 29.4 Å². The third-order valence-electron chi connectivity index (χ3n) is 6.95. The molecule has 2 saturated carbocycles. The lowest BCUT2D eigenvalue weighted by molar-refractivity contribution is 0.00386. The van der Waals surface area contributed by atoms with E-state index in [4.69, 9.17) is 4.98 Å². The highest BCUT2D eigenvalue weighted by atomic mass is 16.3. The van der Waals surface area contributed by atoms with Crippen LogP contribution >= 0.6 is 0 Å². The Morgan fingerprint density at radius 3 is 2.49 bits per heavy atom. The molecule has 0 spiro atoms. The first-order chi connectivity index (χ1) is 17.1. The Labute approximate surface area is 202 Å². The molecule has 176 valence electrons. The summed E-state index contributed by atoms with van der Waals surface area (Å²) >= 11 is 0. The third kappa shape index (κ3) is 4.09. The maximum Gasteiger partial charge on any atom is 0.209 e. The molecule has 35 heavy (non-hydrogen) atoms. The van der Waals surface area contributed by atoms with Gasteiger partial charge in [-0.15, -0.1) is 0 Å². The van der Waals surface area contributed by atoms with Crippen molar-refractivity contribution >= 4 is 17.0 Å². The van der Waals surface area contributed by atoms with Crippen LogP contribution in [0.25, 0.3) is 11.2 Å². The van der Waals surface area contributed by atoms with E-state index in [1.54, 1.807) is 18.5 Å². The number of fused-ring (bicyclic) bond motifs is 2. The Balaban J connectivity index is 1.34. The van der Waals surface area contributed by atoms with Gasteiger partial charge < -0.3 is 25.2 Å². The van der Waals surface area contributed by atoms with Gasteiger partial charge >= 0.3 is 0 Å². The van der Waals surface area contributed by atoms with Crippen LogP contribution in [0.3, 0.4) is 0 Å². The number of rotatable bonds is 5. The van der Waals surface area contributed by atoms with E-state index in [2.05, 4.69) is 27.1 Å². The van der Waals surface area contributed by atoms with Crippen LogP contribution in [-0.2, 0) is 6.42 Å². The van der Waals surface area contributed by atoms with Gasteiger partial charge in [-0.3, -0.25) is 0 Å². The van der Waals surface area contributed by atoms with E-state index in [9.17, 15) is 15.3 Å².